The molecule has 0 aromatic heterocycles. The SMILES string of the molecule is Cc1cc(C)cc(OC2CCc3ccccc3NC2)c1. The molecule has 0 bridgehead atoms. The number of aryl methyl sites for hydroxylation is 3. The first-order valence-corrected chi connectivity index (χ1v) is 7.27. The Bertz CT molecular complexity index is 559. The molecule has 0 radical (unpaired) electrons. The van der Waals surface area contributed by atoms with Gasteiger partial charge in [-0.15, -0.1) is 0 Å². The van der Waals surface area contributed by atoms with E-state index in [-0.39, 0.29) is 6.10 Å². The monoisotopic (exact) mass is 267 g/mol. The summed E-state index contributed by atoms with van der Waals surface area (Å²) in [6.07, 6.45) is 2.35. The molecule has 104 valence electrons. The summed E-state index contributed by atoms with van der Waals surface area (Å²) < 4.78 is 6.17. The number of hydrogen-bond acceptors (Lipinski definition) is 2. The molecule has 1 aliphatic heterocycles. The van der Waals surface area contributed by atoms with Crippen molar-refractivity contribution >= 4 is 5.69 Å². The van der Waals surface area contributed by atoms with Gasteiger partial charge in [-0.1, -0.05) is 24.3 Å². The summed E-state index contributed by atoms with van der Waals surface area (Å²) in [4.78, 5) is 0. The standard InChI is InChI=1S/C18H21NO/c1-13-9-14(2)11-17(10-13)20-16-8-7-15-5-3-4-6-18(15)19-12-16/h3-6,9-11,16,19H,7-8,12H2,1-2H3. The van der Waals surface area contributed by atoms with Gasteiger partial charge >= 0.3 is 0 Å². The summed E-state index contributed by atoms with van der Waals surface area (Å²) in [5.74, 6) is 0.986. The lowest BCUT2D eigenvalue weighted by Crippen LogP contribution is -2.24. The third kappa shape index (κ3) is 2.96. The second-order valence-electron chi connectivity index (χ2n) is 5.64. The first-order chi connectivity index (χ1) is 9.70. The molecule has 0 fully saturated rings. The van der Waals surface area contributed by atoms with Gasteiger partial charge in [0.2, 0.25) is 0 Å². The van der Waals surface area contributed by atoms with Gasteiger partial charge in [-0.05, 0) is 61.6 Å². The first-order valence-electron chi connectivity index (χ1n) is 7.27. The first kappa shape index (κ1) is 13.0. The number of fused-ring (bicyclic) bond motifs is 1. The Morgan fingerprint density at radius 3 is 2.60 bits per heavy atom. The van der Waals surface area contributed by atoms with Crippen molar-refractivity contribution in [2.24, 2.45) is 0 Å². The van der Waals surface area contributed by atoms with Gasteiger partial charge in [0, 0.05) is 5.69 Å². The smallest absolute Gasteiger partial charge is 0.120 e. The van der Waals surface area contributed by atoms with Crippen molar-refractivity contribution in [3.05, 3.63) is 59.2 Å². The van der Waals surface area contributed by atoms with Crippen LogP contribution in [-0.2, 0) is 6.42 Å². The minimum absolute atomic E-state index is 0.226. The lowest BCUT2D eigenvalue weighted by atomic mass is 10.1. The maximum Gasteiger partial charge on any atom is 0.120 e. The number of hydrogen-bond donors (Lipinski definition) is 1. The topological polar surface area (TPSA) is 21.3 Å². The van der Waals surface area contributed by atoms with E-state index in [2.05, 4.69) is 61.6 Å². The van der Waals surface area contributed by atoms with Crippen molar-refractivity contribution in [1.82, 2.24) is 0 Å². The minimum atomic E-state index is 0.226. The zero-order valence-corrected chi connectivity index (χ0v) is 12.1. The van der Waals surface area contributed by atoms with Crippen molar-refractivity contribution in [3.8, 4) is 5.75 Å². The van der Waals surface area contributed by atoms with Crippen LogP contribution in [0.4, 0.5) is 5.69 Å². The number of nitrogens with one attached hydrogen (secondary N) is 1. The van der Waals surface area contributed by atoms with Gasteiger partial charge in [-0.2, -0.15) is 0 Å². The summed E-state index contributed by atoms with van der Waals surface area (Å²) in [5.41, 5.74) is 5.15. The summed E-state index contributed by atoms with van der Waals surface area (Å²) in [7, 11) is 0. The van der Waals surface area contributed by atoms with Crippen molar-refractivity contribution < 1.29 is 4.74 Å². The van der Waals surface area contributed by atoms with E-state index in [0.29, 0.717) is 0 Å². The minimum Gasteiger partial charge on any atom is -0.489 e. The lowest BCUT2D eigenvalue weighted by molar-refractivity contribution is 0.206. The fourth-order valence-electron chi connectivity index (χ4n) is 2.85. The van der Waals surface area contributed by atoms with Gasteiger partial charge in [-0.3, -0.25) is 0 Å². The van der Waals surface area contributed by atoms with E-state index in [1.165, 1.54) is 22.4 Å². The van der Waals surface area contributed by atoms with E-state index in [9.17, 15) is 0 Å². The Kier molecular flexibility index (Phi) is 3.64. The van der Waals surface area contributed by atoms with Crippen LogP contribution in [0, 0.1) is 13.8 Å². The van der Waals surface area contributed by atoms with Crippen LogP contribution in [0.2, 0.25) is 0 Å². The van der Waals surface area contributed by atoms with E-state index in [1.54, 1.807) is 0 Å². The molecule has 1 unspecified atom stereocenters. The van der Waals surface area contributed by atoms with Crippen molar-refractivity contribution in [2.45, 2.75) is 32.8 Å². The largest absolute Gasteiger partial charge is 0.489 e. The molecule has 2 aromatic rings. The zero-order valence-electron chi connectivity index (χ0n) is 12.1. The highest BCUT2D eigenvalue weighted by molar-refractivity contribution is 5.52. The Morgan fingerprint density at radius 2 is 1.80 bits per heavy atom. The summed E-state index contributed by atoms with van der Waals surface area (Å²) in [6, 6.07) is 14.9. The number of rotatable bonds is 2. The maximum atomic E-state index is 6.17. The molecule has 0 aliphatic carbocycles. The number of ether oxygens (including phenoxy) is 1. The third-order valence-electron chi connectivity index (χ3n) is 3.77. The lowest BCUT2D eigenvalue weighted by Gasteiger charge is -2.18. The molecule has 2 nitrogen and oxygen atoms in total. The molecular formula is C18H21NO. The number of benzene rings is 2. The van der Waals surface area contributed by atoms with Crippen molar-refractivity contribution in [2.75, 3.05) is 11.9 Å². The average Bonchev–Trinajstić information content (AvgIpc) is 2.61. The summed E-state index contributed by atoms with van der Waals surface area (Å²) in [6.45, 7) is 5.09. The predicted octanol–water partition coefficient (Wildman–Crippen LogP) is 4.11. The van der Waals surface area contributed by atoms with Gasteiger partial charge in [0.05, 0.1) is 6.54 Å². The van der Waals surface area contributed by atoms with E-state index in [4.69, 9.17) is 4.74 Å². The molecule has 1 atom stereocenters. The maximum absolute atomic E-state index is 6.17. The fraction of sp³-hybridized carbons (Fsp3) is 0.333. The Balaban J connectivity index is 1.71. The molecule has 0 saturated carbocycles. The van der Waals surface area contributed by atoms with Crippen LogP contribution in [0.1, 0.15) is 23.1 Å². The quantitative estimate of drug-likeness (QED) is 0.884. The van der Waals surface area contributed by atoms with E-state index in [1.807, 2.05) is 0 Å². The Morgan fingerprint density at radius 1 is 1.05 bits per heavy atom. The molecule has 0 saturated heterocycles. The molecule has 20 heavy (non-hydrogen) atoms. The predicted molar refractivity (Wildman–Crippen MR) is 83.6 cm³/mol. The molecule has 2 heteroatoms. The van der Waals surface area contributed by atoms with Crippen molar-refractivity contribution in [1.29, 1.82) is 0 Å². The highest BCUT2D eigenvalue weighted by Gasteiger charge is 2.16. The van der Waals surface area contributed by atoms with Crippen LogP contribution >= 0.6 is 0 Å². The van der Waals surface area contributed by atoms with Gasteiger partial charge in [0.25, 0.3) is 0 Å². The molecule has 3 rings (SSSR count). The van der Waals surface area contributed by atoms with Crippen LogP contribution in [-0.4, -0.2) is 12.6 Å². The number of anilines is 1. The van der Waals surface area contributed by atoms with Crippen LogP contribution in [0.5, 0.6) is 5.75 Å². The molecule has 0 spiro atoms. The fourth-order valence-corrected chi connectivity index (χ4v) is 2.85. The van der Waals surface area contributed by atoms with E-state index < -0.39 is 0 Å². The highest BCUT2D eigenvalue weighted by atomic mass is 16.5. The Hall–Kier alpha value is -1.96. The molecule has 0 amide bonds. The van der Waals surface area contributed by atoms with Gasteiger partial charge < -0.3 is 10.1 Å². The number of para-hydroxylation sites is 1. The summed E-state index contributed by atoms with van der Waals surface area (Å²) in [5, 5.41) is 3.50. The molecule has 1 aliphatic rings. The van der Waals surface area contributed by atoms with Gasteiger partial charge in [0.1, 0.15) is 11.9 Å². The molecule has 1 N–H and O–H groups in total. The molecular weight excluding hydrogens is 246 g/mol. The second-order valence-corrected chi connectivity index (χ2v) is 5.64. The van der Waals surface area contributed by atoms with Crippen molar-refractivity contribution in [3.63, 3.8) is 0 Å². The molecule has 1 heterocycles. The van der Waals surface area contributed by atoms with Gasteiger partial charge in [0.15, 0.2) is 0 Å². The summed E-state index contributed by atoms with van der Waals surface area (Å²) >= 11 is 0. The third-order valence-corrected chi connectivity index (χ3v) is 3.77. The van der Waals surface area contributed by atoms with Crippen LogP contribution in [0.15, 0.2) is 42.5 Å². The van der Waals surface area contributed by atoms with E-state index >= 15 is 0 Å². The molecule has 2 aromatic carbocycles. The Labute approximate surface area is 120 Å². The average molecular weight is 267 g/mol. The van der Waals surface area contributed by atoms with Gasteiger partial charge in [-0.25, -0.2) is 0 Å². The highest BCUT2D eigenvalue weighted by Crippen LogP contribution is 2.24. The van der Waals surface area contributed by atoms with Crippen LogP contribution in [0.25, 0.3) is 0 Å². The van der Waals surface area contributed by atoms with Crippen LogP contribution in [0.3, 0.4) is 0 Å². The normalized spacial score (nSPS) is 17.8. The zero-order chi connectivity index (χ0) is 13.9. The van der Waals surface area contributed by atoms with Crippen LogP contribution < -0.4 is 10.1 Å². The van der Waals surface area contributed by atoms with E-state index in [0.717, 1.165) is 25.1 Å². The second kappa shape index (κ2) is 5.58.